The van der Waals surface area contributed by atoms with Gasteiger partial charge in [0.25, 0.3) is 0 Å². The average Bonchev–Trinajstić information content (AvgIpc) is 2.91. The summed E-state index contributed by atoms with van der Waals surface area (Å²) in [6.45, 7) is 4.61. The molecule has 14 heteroatoms. The normalized spacial score (nSPS) is 12.2. The first-order chi connectivity index (χ1) is 19.6. The molecule has 0 aliphatic rings. The Morgan fingerprint density at radius 1 is 1.00 bits per heavy atom. The molecule has 0 bridgehead atoms. The quantitative estimate of drug-likeness (QED) is 0.237. The Hall–Kier alpha value is -4.17. The average molecular weight is 614 g/mol. The Morgan fingerprint density at radius 2 is 1.64 bits per heavy atom. The largest absolute Gasteiger partial charge is 0.493 e. The van der Waals surface area contributed by atoms with Gasteiger partial charge in [0.05, 0.1) is 25.7 Å². The van der Waals surface area contributed by atoms with Crippen LogP contribution in [0.5, 0.6) is 11.5 Å². The number of carbonyl (C=O) groups excluding carboxylic acids is 1. The molecule has 0 aliphatic heterocycles. The molecule has 0 heterocycles. The predicted octanol–water partition coefficient (Wildman–Crippen LogP) is 4.45. The summed E-state index contributed by atoms with van der Waals surface area (Å²) >= 11 is 0. The minimum Gasteiger partial charge on any atom is -0.493 e. The number of aliphatic carboxylic acids is 2. The Labute approximate surface area is 240 Å². The Bertz CT molecular complexity index is 1490. The van der Waals surface area contributed by atoms with Crippen molar-refractivity contribution in [2.75, 3.05) is 13.2 Å². The molecule has 0 aliphatic carbocycles. The standard InChI is InChI=1S/C26H29NO7S.C2HF3O2/c1-18(2)17-34-22-10-11-25(35(31,32)27-21(16-28)14-26(29)30)24(15-22)33-13-12-20-8-5-7-19-6-3-4-9-23(19)20;3-2(4,5)1(6)7/h3-11,15-16,18,21,27H,12-14,17H2,1-2H3,(H,29,30);(H,6,7). The van der Waals surface area contributed by atoms with Crippen molar-refractivity contribution in [1.82, 2.24) is 4.72 Å². The van der Waals surface area contributed by atoms with Gasteiger partial charge in [-0.05, 0) is 34.4 Å². The lowest BCUT2D eigenvalue weighted by molar-refractivity contribution is -0.192. The van der Waals surface area contributed by atoms with Crippen molar-refractivity contribution in [3.8, 4) is 11.5 Å². The molecular weight excluding hydrogens is 583 g/mol. The summed E-state index contributed by atoms with van der Waals surface area (Å²) in [5.41, 5.74) is 1.06. The van der Waals surface area contributed by atoms with E-state index in [1.54, 1.807) is 0 Å². The number of nitrogens with one attached hydrogen (secondary N) is 1. The molecule has 0 saturated heterocycles. The monoisotopic (exact) mass is 613 g/mol. The third kappa shape index (κ3) is 10.7. The summed E-state index contributed by atoms with van der Waals surface area (Å²) in [5, 5.41) is 18.3. The first-order valence-corrected chi connectivity index (χ1v) is 14.0. The number of halogens is 3. The number of alkyl halides is 3. The third-order valence-corrected chi connectivity index (χ3v) is 6.93. The van der Waals surface area contributed by atoms with Crippen molar-refractivity contribution in [2.45, 2.75) is 43.8 Å². The maximum atomic E-state index is 13.0. The molecule has 0 spiro atoms. The number of benzene rings is 3. The van der Waals surface area contributed by atoms with Gasteiger partial charge in [0.1, 0.15) is 22.7 Å². The zero-order valence-electron chi connectivity index (χ0n) is 22.6. The molecule has 42 heavy (non-hydrogen) atoms. The number of carboxylic acids is 2. The van der Waals surface area contributed by atoms with E-state index in [1.165, 1.54) is 18.2 Å². The number of ether oxygens (including phenoxy) is 2. The van der Waals surface area contributed by atoms with Crippen LogP contribution in [0.1, 0.15) is 25.8 Å². The summed E-state index contributed by atoms with van der Waals surface area (Å²) in [7, 11) is -4.25. The zero-order chi connectivity index (χ0) is 31.5. The molecule has 10 nitrogen and oxygen atoms in total. The van der Waals surface area contributed by atoms with Crippen molar-refractivity contribution in [3.63, 3.8) is 0 Å². The minimum atomic E-state index is -5.08. The molecule has 0 saturated carbocycles. The Balaban J connectivity index is 0.000000782. The molecule has 0 radical (unpaired) electrons. The molecule has 1 atom stereocenters. The topological polar surface area (TPSA) is 156 Å². The van der Waals surface area contributed by atoms with E-state index in [0.717, 1.165) is 16.3 Å². The van der Waals surface area contributed by atoms with Gasteiger partial charge in [-0.1, -0.05) is 56.3 Å². The van der Waals surface area contributed by atoms with Crippen LogP contribution in [-0.4, -0.2) is 62.3 Å². The van der Waals surface area contributed by atoms with Crippen molar-refractivity contribution >= 4 is 39.0 Å². The molecule has 3 aromatic carbocycles. The van der Waals surface area contributed by atoms with Crippen LogP contribution in [0.3, 0.4) is 0 Å². The van der Waals surface area contributed by atoms with Crippen LogP contribution in [0, 0.1) is 5.92 Å². The first-order valence-electron chi connectivity index (χ1n) is 12.5. The number of carbonyl (C=O) groups is 3. The maximum absolute atomic E-state index is 13.0. The fraction of sp³-hybridized carbons (Fsp3) is 0.321. The summed E-state index contributed by atoms with van der Waals surface area (Å²) in [5.74, 6) is -3.30. The summed E-state index contributed by atoms with van der Waals surface area (Å²) < 4.78 is 71.5. The lowest BCUT2D eigenvalue weighted by Crippen LogP contribution is -2.37. The van der Waals surface area contributed by atoms with Gasteiger partial charge in [0.15, 0.2) is 0 Å². The van der Waals surface area contributed by atoms with Gasteiger partial charge in [-0.15, -0.1) is 0 Å². The van der Waals surface area contributed by atoms with Crippen LogP contribution in [0.15, 0.2) is 65.6 Å². The van der Waals surface area contributed by atoms with Crippen LogP contribution in [0.2, 0.25) is 0 Å². The van der Waals surface area contributed by atoms with Crippen molar-refractivity contribution in [2.24, 2.45) is 5.92 Å². The van der Waals surface area contributed by atoms with E-state index in [0.29, 0.717) is 18.8 Å². The van der Waals surface area contributed by atoms with E-state index in [9.17, 15) is 31.2 Å². The van der Waals surface area contributed by atoms with E-state index >= 15 is 0 Å². The molecule has 0 amide bonds. The van der Waals surface area contributed by atoms with E-state index in [1.807, 2.05) is 56.3 Å². The predicted molar refractivity (Wildman–Crippen MR) is 146 cm³/mol. The first kappa shape index (κ1) is 34.0. The van der Waals surface area contributed by atoms with Crippen LogP contribution in [0.25, 0.3) is 10.8 Å². The molecular formula is C28H30F3NO9S. The molecule has 0 fully saturated rings. The second-order valence-corrected chi connectivity index (χ2v) is 11.0. The smallest absolute Gasteiger partial charge is 0.490 e. The fourth-order valence-electron chi connectivity index (χ4n) is 3.53. The second-order valence-electron chi connectivity index (χ2n) is 9.31. The summed E-state index contributed by atoms with van der Waals surface area (Å²) in [6, 6.07) is 16.9. The number of hydrogen-bond donors (Lipinski definition) is 3. The van der Waals surface area contributed by atoms with Gasteiger partial charge in [-0.25, -0.2) is 17.9 Å². The number of hydrogen-bond acceptors (Lipinski definition) is 7. The maximum Gasteiger partial charge on any atom is 0.490 e. The van der Waals surface area contributed by atoms with Crippen molar-refractivity contribution in [1.29, 1.82) is 0 Å². The number of fused-ring (bicyclic) bond motifs is 1. The Morgan fingerprint density at radius 3 is 2.24 bits per heavy atom. The highest BCUT2D eigenvalue weighted by Gasteiger charge is 2.38. The second kappa shape index (κ2) is 15.2. The lowest BCUT2D eigenvalue weighted by Gasteiger charge is -2.17. The highest BCUT2D eigenvalue weighted by molar-refractivity contribution is 7.89. The van der Waals surface area contributed by atoms with E-state index in [-0.39, 0.29) is 29.5 Å². The number of rotatable bonds is 13. The third-order valence-electron chi connectivity index (χ3n) is 5.40. The van der Waals surface area contributed by atoms with Crippen molar-refractivity contribution in [3.05, 3.63) is 66.2 Å². The molecule has 0 aromatic heterocycles. The zero-order valence-corrected chi connectivity index (χ0v) is 23.4. The molecule has 1 unspecified atom stereocenters. The van der Waals surface area contributed by atoms with Crippen molar-refractivity contribution < 1.29 is 55.7 Å². The molecule has 228 valence electrons. The van der Waals surface area contributed by atoms with Crippen LogP contribution in [-0.2, 0) is 30.8 Å². The fourth-order valence-corrected chi connectivity index (χ4v) is 4.82. The molecule has 3 rings (SSSR count). The highest BCUT2D eigenvalue weighted by Crippen LogP contribution is 2.30. The minimum absolute atomic E-state index is 0.0546. The van der Waals surface area contributed by atoms with Gasteiger partial charge in [0.2, 0.25) is 10.0 Å². The van der Waals surface area contributed by atoms with Crippen LogP contribution >= 0.6 is 0 Å². The SMILES string of the molecule is CC(C)COc1ccc(S(=O)(=O)NC(C=O)CC(=O)O)c(OCCc2cccc3ccccc23)c1.O=C(O)C(F)(F)F. The van der Waals surface area contributed by atoms with Gasteiger partial charge in [-0.3, -0.25) is 4.79 Å². The van der Waals surface area contributed by atoms with E-state index in [4.69, 9.17) is 24.5 Å². The molecule has 3 aromatic rings. The Kier molecular flexibility index (Phi) is 12.3. The van der Waals surface area contributed by atoms with Crippen LogP contribution in [0.4, 0.5) is 13.2 Å². The lowest BCUT2D eigenvalue weighted by atomic mass is 10.0. The number of sulfonamides is 1. The van der Waals surface area contributed by atoms with Gasteiger partial charge in [-0.2, -0.15) is 13.2 Å². The van der Waals surface area contributed by atoms with Gasteiger partial charge in [0, 0.05) is 12.5 Å². The van der Waals surface area contributed by atoms with Crippen LogP contribution < -0.4 is 14.2 Å². The van der Waals surface area contributed by atoms with E-state index < -0.39 is 40.6 Å². The number of aldehydes is 1. The summed E-state index contributed by atoms with van der Waals surface area (Å²) in [4.78, 5) is 30.9. The van der Waals surface area contributed by atoms with Gasteiger partial charge < -0.3 is 24.5 Å². The highest BCUT2D eigenvalue weighted by atomic mass is 32.2. The number of carboxylic acid groups (broad SMARTS) is 2. The molecule has 3 N–H and O–H groups in total. The van der Waals surface area contributed by atoms with Gasteiger partial charge >= 0.3 is 18.1 Å². The summed E-state index contributed by atoms with van der Waals surface area (Å²) in [6.07, 6.45) is -4.97. The van der Waals surface area contributed by atoms with E-state index in [2.05, 4.69) is 4.72 Å².